The van der Waals surface area contributed by atoms with E-state index < -0.39 is 36.9 Å². The molecular weight excluding hydrogens is 402 g/mol. The molecule has 0 aliphatic rings. The Hall–Kier alpha value is -2.04. The van der Waals surface area contributed by atoms with Gasteiger partial charge in [0.05, 0.1) is 0 Å². The molecule has 0 bridgehead atoms. The van der Waals surface area contributed by atoms with E-state index in [0.717, 1.165) is 0 Å². The van der Waals surface area contributed by atoms with E-state index >= 15 is 0 Å². The van der Waals surface area contributed by atoms with Crippen LogP contribution in [0.25, 0.3) is 0 Å². The minimum absolute atomic E-state index is 0. The van der Waals surface area contributed by atoms with Gasteiger partial charge < -0.3 is 73.6 Å². The van der Waals surface area contributed by atoms with E-state index in [4.69, 9.17) is 59.4 Å². The molecule has 0 N–H and O–H groups in total. The van der Waals surface area contributed by atoms with Crippen LogP contribution in [0.4, 0.5) is 28.8 Å². The van der Waals surface area contributed by atoms with E-state index in [1.54, 1.807) is 0 Å². The van der Waals surface area contributed by atoms with Crippen LogP contribution < -0.4 is 30.6 Å². The molecule has 23 heavy (non-hydrogen) atoms. The second-order valence-corrected chi connectivity index (χ2v) is 1.81. The third-order valence-electron chi connectivity index (χ3n) is 0.500. The van der Waals surface area contributed by atoms with E-state index in [1.807, 2.05) is 0 Å². The maximum absolute atomic E-state index is 9.06. The average molecular weight is 402 g/mol. The van der Waals surface area contributed by atoms with Crippen molar-refractivity contribution >= 4 is 36.9 Å². The Balaban J connectivity index is -0.0000000675. The Kier molecular flexibility index (Phi) is 28.5. The molecule has 17 heteroatoms. The molecule has 15 nitrogen and oxygen atoms in total. The molecule has 0 rings (SSSR count). The number of hydrogen-bond acceptors (Lipinski definition) is 15. The summed E-state index contributed by atoms with van der Waals surface area (Å²) >= 11 is 0. The first-order chi connectivity index (χ1) is 9.38. The monoisotopic (exact) mass is 402 g/mol. The second kappa shape index (κ2) is 20.0. The molecule has 0 aromatic carbocycles. The van der Waals surface area contributed by atoms with Crippen molar-refractivity contribution in [3.63, 3.8) is 0 Å². The van der Waals surface area contributed by atoms with Crippen molar-refractivity contribution in [2.75, 3.05) is 0 Å². The SMILES string of the molecule is O=C([O-])OC(=O)[O-].O=C([O-])OC(=O)[O-].O=C([O-])OC(=O)[O-].[Sc+3].[Sc+3]. The van der Waals surface area contributed by atoms with Gasteiger partial charge in [-0.1, -0.05) is 0 Å². The number of hydrogen-bond donors (Lipinski definition) is 0. The summed E-state index contributed by atoms with van der Waals surface area (Å²) in [5, 5.41) is 54.3. The minimum atomic E-state index is -2.12. The van der Waals surface area contributed by atoms with E-state index in [0.29, 0.717) is 0 Å². The zero-order valence-corrected chi connectivity index (χ0v) is 13.9. The standard InChI is InChI=1S/3C2H2O5.2Sc/c3*3-1(4)7-2(5)6;;/h3*(H,3,4)(H,5,6);;/q;;;2*+3/p-6. The zero-order chi connectivity index (χ0) is 17.6. The second-order valence-electron chi connectivity index (χ2n) is 1.81. The molecule has 0 spiro atoms. The van der Waals surface area contributed by atoms with Crippen molar-refractivity contribution in [1.29, 1.82) is 0 Å². The van der Waals surface area contributed by atoms with Gasteiger partial charge in [-0.3, -0.25) is 0 Å². The number of carbonyl (C=O) groups is 6. The molecule has 0 unspecified atom stereocenters. The van der Waals surface area contributed by atoms with Crippen molar-refractivity contribution in [2.45, 2.75) is 0 Å². The van der Waals surface area contributed by atoms with Crippen LogP contribution in [0.1, 0.15) is 0 Å². The van der Waals surface area contributed by atoms with E-state index in [9.17, 15) is 0 Å². The molecule has 0 aromatic heterocycles. The Morgan fingerprint density at radius 3 is 0.478 bits per heavy atom. The summed E-state index contributed by atoms with van der Waals surface area (Å²) in [7, 11) is 0. The van der Waals surface area contributed by atoms with Gasteiger partial charge in [0.25, 0.3) is 36.9 Å². The van der Waals surface area contributed by atoms with Gasteiger partial charge in [0.15, 0.2) is 0 Å². The Morgan fingerprint density at radius 2 is 0.478 bits per heavy atom. The molecule has 0 saturated carbocycles. The normalized spacial score (nSPS) is 6.78. The zero-order valence-electron chi connectivity index (χ0n) is 10.3. The summed E-state index contributed by atoms with van der Waals surface area (Å²) < 4.78 is 8.58. The van der Waals surface area contributed by atoms with Crippen molar-refractivity contribution in [2.24, 2.45) is 0 Å². The predicted octanol–water partition coefficient (Wildman–Crippen LogP) is -6.94. The summed E-state index contributed by atoms with van der Waals surface area (Å²) in [6.45, 7) is 0. The topological polar surface area (TPSA) is 268 Å². The third-order valence-corrected chi connectivity index (χ3v) is 0.500. The van der Waals surface area contributed by atoms with Crippen molar-refractivity contribution in [3.8, 4) is 0 Å². The van der Waals surface area contributed by atoms with Gasteiger partial charge in [0.2, 0.25) is 0 Å². The van der Waals surface area contributed by atoms with Crippen molar-refractivity contribution < 1.29 is 125 Å². The van der Waals surface area contributed by atoms with Gasteiger partial charge in [-0.2, -0.15) is 0 Å². The third kappa shape index (κ3) is 64.9. The number of carbonyl (C=O) groups excluding carboxylic acids is 6. The molecule has 0 radical (unpaired) electrons. The molecule has 0 atom stereocenters. The molecule has 0 aliphatic carbocycles. The first-order valence-electron chi connectivity index (χ1n) is 3.67. The van der Waals surface area contributed by atoms with Gasteiger partial charge in [0.1, 0.15) is 0 Å². The maximum atomic E-state index is 9.06. The number of ether oxygens (including phenoxy) is 3. The average Bonchev–Trinajstić information content (AvgIpc) is 2.10. The summed E-state index contributed by atoms with van der Waals surface area (Å²) in [5.74, 6) is 0. The predicted molar refractivity (Wildman–Crippen MR) is 35.6 cm³/mol. The Labute approximate surface area is 161 Å². The fourth-order valence-corrected chi connectivity index (χ4v) is 0.204. The fraction of sp³-hybridized carbons (Fsp3) is 0. The van der Waals surface area contributed by atoms with Gasteiger partial charge in [0, 0.05) is 0 Å². The Bertz CT molecular complexity index is 318. The molecule has 0 saturated heterocycles. The minimum Gasteiger partial charge on any atom is -0.483 e. The summed E-state index contributed by atoms with van der Waals surface area (Å²) in [6.07, 6.45) is -12.7. The van der Waals surface area contributed by atoms with Gasteiger partial charge in [-0.25, -0.2) is 0 Å². The first kappa shape index (κ1) is 32.8. The van der Waals surface area contributed by atoms with Crippen LogP contribution in [0.2, 0.25) is 0 Å². The quantitative estimate of drug-likeness (QED) is 0.207. The van der Waals surface area contributed by atoms with Gasteiger partial charge >= 0.3 is 51.7 Å². The smallest absolute Gasteiger partial charge is 0.483 e. The Morgan fingerprint density at radius 1 is 0.391 bits per heavy atom. The number of carboxylic acid groups (broad SMARTS) is 6. The molecule has 120 valence electrons. The van der Waals surface area contributed by atoms with Crippen LogP contribution in [-0.4, -0.2) is 36.9 Å². The van der Waals surface area contributed by atoms with Gasteiger partial charge in [-0.05, 0) is 0 Å². The summed E-state index contributed by atoms with van der Waals surface area (Å²) in [4.78, 5) is 54.3. The largest absolute Gasteiger partial charge is 3.00 e. The van der Waals surface area contributed by atoms with Crippen LogP contribution in [0, 0.1) is 0 Å². The van der Waals surface area contributed by atoms with Crippen molar-refractivity contribution in [1.82, 2.24) is 0 Å². The van der Waals surface area contributed by atoms with Crippen LogP contribution >= 0.6 is 0 Å². The summed E-state index contributed by atoms with van der Waals surface area (Å²) in [5.41, 5.74) is 0. The van der Waals surface area contributed by atoms with E-state index in [2.05, 4.69) is 14.2 Å². The molecule has 0 heterocycles. The number of rotatable bonds is 0. The summed E-state index contributed by atoms with van der Waals surface area (Å²) in [6, 6.07) is 0. The fourth-order valence-electron chi connectivity index (χ4n) is 0.204. The molecule has 0 aliphatic heterocycles. The van der Waals surface area contributed by atoms with Crippen LogP contribution in [0.15, 0.2) is 0 Å². The molecule has 0 aromatic rings. The van der Waals surface area contributed by atoms with E-state index in [1.165, 1.54) is 0 Å². The van der Waals surface area contributed by atoms with E-state index in [-0.39, 0.29) is 51.7 Å². The van der Waals surface area contributed by atoms with Crippen molar-refractivity contribution in [3.05, 3.63) is 0 Å². The van der Waals surface area contributed by atoms with Crippen LogP contribution in [-0.2, 0) is 65.9 Å². The maximum Gasteiger partial charge on any atom is 3.00 e. The van der Waals surface area contributed by atoms with Crippen LogP contribution in [0.5, 0.6) is 0 Å². The molecular formula is C6O15Sc2. The molecule has 0 amide bonds. The first-order valence-corrected chi connectivity index (χ1v) is 3.67. The van der Waals surface area contributed by atoms with Gasteiger partial charge in [-0.15, -0.1) is 0 Å². The van der Waals surface area contributed by atoms with Crippen LogP contribution in [0.3, 0.4) is 0 Å². The molecule has 0 fully saturated rings.